The zero-order valence-electron chi connectivity index (χ0n) is 11.3. The van der Waals surface area contributed by atoms with E-state index < -0.39 is 0 Å². The topological polar surface area (TPSA) is 52.6 Å². The first kappa shape index (κ1) is 14.5. The maximum Gasteiger partial charge on any atom is 0.317 e. The molecule has 1 unspecified atom stereocenters. The van der Waals surface area contributed by atoms with Crippen molar-refractivity contribution in [3.8, 4) is 0 Å². The SMILES string of the molecule is CCN(CCO)C(=O)NC(C)c1ccccc1C. The first-order valence-electron chi connectivity index (χ1n) is 6.32. The number of aliphatic hydroxyl groups excluding tert-OH is 1. The molecule has 0 aromatic heterocycles. The summed E-state index contributed by atoms with van der Waals surface area (Å²) in [5.41, 5.74) is 2.28. The minimum Gasteiger partial charge on any atom is -0.395 e. The van der Waals surface area contributed by atoms with Crippen LogP contribution < -0.4 is 5.32 Å². The van der Waals surface area contributed by atoms with Crippen molar-refractivity contribution in [3.63, 3.8) is 0 Å². The molecule has 100 valence electrons. The number of hydrogen-bond acceptors (Lipinski definition) is 2. The predicted molar refractivity (Wildman–Crippen MR) is 72.5 cm³/mol. The number of urea groups is 1. The normalized spacial score (nSPS) is 12.0. The predicted octanol–water partition coefficient (Wildman–Crippen LogP) is 2.08. The molecule has 0 bridgehead atoms. The number of nitrogens with zero attached hydrogens (tertiary/aromatic N) is 1. The lowest BCUT2D eigenvalue weighted by atomic mass is 10.0. The molecule has 0 fully saturated rings. The Hall–Kier alpha value is -1.55. The van der Waals surface area contributed by atoms with E-state index in [4.69, 9.17) is 5.11 Å². The molecular weight excluding hydrogens is 228 g/mol. The molecule has 1 aromatic rings. The summed E-state index contributed by atoms with van der Waals surface area (Å²) in [6.45, 7) is 6.83. The van der Waals surface area contributed by atoms with Gasteiger partial charge in [0, 0.05) is 13.1 Å². The number of amides is 2. The Bertz CT molecular complexity index is 393. The van der Waals surface area contributed by atoms with Gasteiger partial charge in [-0.3, -0.25) is 0 Å². The number of nitrogens with one attached hydrogen (secondary N) is 1. The van der Waals surface area contributed by atoms with E-state index in [0.29, 0.717) is 13.1 Å². The van der Waals surface area contributed by atoms with Crippen molar-refractivity contribution in [2.45, 2.75) is 26.8 Å². The summed E-state index contributed by atoms with van der Waals surface area (Å²) in [4.78, 5) is 13.6. The molecule has 1 rings (SSSR count). The van der Waals surface area contributed by atoms with Crippen LogP contribution in [0.3, 0.4) is 0 Å². The highest BCUT2D eigenvalue weighted by Crippen LogP contribution is 2.16. The van der Waals surface area contributed by atoms with Crippen LogP contribution in [0.15, 0.2) is 24.3 Å². The summed E-state index contributed by atoms with van der Waals surface area (Å²) in [7, 11) is 0. The number of benzene rings is 1. The Kier molecular flexibility index (Phi) is 5.65. The molecule has 0 spiro atoms. The molecule has 0 saturated carbocycles. The molecule has 2 N–H and O–H groups in total. The van der Waals surface area contributed by atoms with Crippen LogP contribution >= 0.6 is 0 Å². The minimum absolute atomic E-state index is 0.0139. The van der Waals surface area contributed by atoms with Crippen LogP contribution in [0.1, 0.15) is 31.0 Å². The van der Waals surface area contributed by atoms with Crippen molar-refractivity contribution in [2.75, 3.05) is 19.7 Å². The van der Waals surface area contributed by atoms with Crippen molar-refractivity contribution in [2.24, 2.45) is 0 Å². The monoisotopic (exact) mass is 250 g/mol. The van der Waals surface area contributed by atoms with Crippen molar-refractivity contribution in [3.05, 3.63) is 35.4 Å². The molecule has 0 saturated heterocycles. The number of carbonyl (C=O) groups is 1. The highest BCUT2D eigenvalue weighted by atomic mass is 16.3. The van der Waals surface area contributed by atoms with Crippen LogP contribution in [0.5, 0.6) is 0 Å². The quantitative estimate of drug-likeness (QED) is 0.840. The van der Waals surface area contributed by atoms with E-state index in [2.05, 4.69) is 5.32 Å². The second-order valence-electron chi connectivity index (χ2n) is 4.33. The second-order valence-corrected chi connectivity index (χ2v) is 4.33. The fraction of sp³-hybridized carbons (Fsp3) is 0.500. The third kappa shape index (κ3) is 3.74. The van der Waals surface area contributed by atoms with Gasteiger partial charge in [0.15, 0.2) is 0 Å². The van der Waals surface area contributed by atoms with Gasteiger partial charge in [0.1, 0.15) is 0 Å². The van der Waals surface area contributed by atoms with Gasteiger partial charge < -0.3 is 15.3 Å². The lowest BCUT2D eigenvalue weighted by Gasteiger charge is -2.24. The van der Waals surface area contributed by atoms with E-state index in [1.54, 1.807) is 4.90 Å². The highest BCUT2D eigenvalue weighted by molar-refractivity contribution is 5.74. The first-order valence-corrected chi connectivity index (χ1v) is 6.32. The molecular formula is C14H22N2O2. The van der Waals surface area contributed by atoms with Crippen LogP contribution in [0.25, 0.3) is 0 Å². The zero-order valence-corrected chi connectivity index (χ0v) is 11.3. The van der Waals surface area contributed by atoms with Gasteiger partial charge in [0.05, 0.1) is 12.6 Å². The summed E-state index contributed by atoms with van der Waals surface area (Å²) in [6, 6.07) is 7.83. The third-order valence-corrected chi connectivity index (χ3v) is 3.03. The Balaban J connectivity index is 2.67. The van der Waals surface area contributed by atoms with Gasteiger partial charge in [-0.15, -0.1) is 0 Å². The molecule has 1 atom stereocenters. The summed E-state index contributed by atoms with van der Waals surface area (Å²) >= 11 is 0. The molecule has 0 heterocycles. The van der Waals surface area contributed by atoms with Gasteiger partial charge in [-0.05, 0) is 31.9 Å². The number of hydrogen-bond donors (Lipinski definition) is 2. The van der Waals surface area contributed by atoms with E-state index in [1.807, 2.05) is 45.0 Å². The molecule has 0 aliphatic carbocycles. The number of rotatable bonds is 5. The van der Waals surface area contributed by atoms with Gasteiger partial charge in [0.2, 0.25) is 0 Å². The molecule has 2 amide bonds. The van der Waals surface area contributed by atoms with Gasteiger partial charge in [-0.25, -0.2) is 4.79 Å². The lowest BCUT2D eigenvalue weighted by molar-refractivity contribution is 0.178. The van der Waals surface area contributed by atoms with E-state index in [1.165, 1.54) is 0 Å². The van der Waals surface area contributed by atoms with Crippen LogP contribution in [-0.4, -0.2) is 35.7 Å². The average molecular weight is 250 g/mol. The van der Waals surface area contributed by atoms with Crippen LogP contribution in [0, 0.1) is 6.92 Å². The summed E-state index contributed by atoms with van der Waals surface area (Å²) < 4.78 is 0. The van der Waals surface area contributed by atoms with Crippen LogP contribution in [-0.2, 0) is 0 Å². The molecule has 4 nitrogen and oxygen atoms in total. The molecule has 18 heavy (non-hydrogen) atoms. The largest absolute Gasteiger partial charge is 0.395 e. The van der Waals surface area contributed by atoms with Crippen molar-refractivity contribution in [1.82, 2.24) is 10.2 Å². The fourth-order valence-electron chi connectivity index (χ4n) is 1.95. The zero-order chi connectivity index (χ0) is 13.5. The third-order valence-electron chi connectivity index (χ3n) is 3.03. The maximum absolute atomic E-state index is 12.0. The molecule has 4 heteroatoms. The Morgan fingerprint density at radius 2 is 2.11 bits per heavy atom. The fourth-order valence-corrected chi connectivity index (χ4v) is 1.95. The smallest absolute Gasteiger partial charge is 0.317 e. The van der Waals surface area contributed by atoms with Crippen molar-refractivity contribution in [1.29, 1.82) is 0 Å². The second kappa shape index (κ2) is 7.01. The lowest BCUT2D eigenvalue weighted by Crippen LogP contribution is -2.42. The Morgan fingerprint density at radius 1 is 1.44 bits per heavy atom. The Morgan fingerprint density at radius 3 is 2.67 bits per heavy atom. The van der Waals surface area contributed by atoms with E-state index in [-0.39, 0.29) is 18.7 Å². The maximum atomic E-state index is 12.0. The number of carbonyl (C=O) groups excluding carboxylic acids is 1. The summed E-state index contributed by atoms with van der Waals surface area (Å²) in [5, 5.41) is 11.8. The highest BCUT2D eigenvalue weighted by Gasteiger charge is 2.15. The van der Waals surface area contributed by atoms with E-state index in [9.17, 15) is 4.79 Å². The van der Waals surface area contributed by atoms with E-state index in [0.717, 1.165) is 11.1 Å². The standard InChI is InChI=1S/C14H22N2O2/c1-4-16(9-10-17)14(18)15-12(3)13-8-6-5-7-11(13)2/h5-8,12,17H,4,9-10H2,1-3H3,(H,15,18). The van der Waals surface area contributed by atoms with Crippen LogP contribution in [0.2, 0.25) is 0 Å². The van der Waals surface area contributed by atoms with Gasteiger partial charge in [0.25, 0.3) is 0 Å². The Labute approximate surface area is 109 Å². The molecule has 0 aliphatic rings. The minimum atomic E-state index is -0.137. The number of likely N-dealkylation sites (N-methyl/N-ethyl adjacent to an activating group) is 1. The molecule has 1 aromatic carbocycles. The summed E-state index contributed by atoms with van der Waals surface area (Å²) in [6.07, 6.45) is 0. The number of aliphatic hydroxyl groups is 1. The van der Waals surface area contributed by atoms with Gasteiger partial charge in [-0.1, -0.05) is 24.3 Å². The molecule has 0 aliphatic heterocycles. The average Bonchev–Trinajstić information content (AvgIpc) is 2.36. The van der Waals surface area contributed by atoms with Crippen molar-refractivity contribution >= 4 is 6.03 Å². The van der Waals surface area contributed by atoms with Crippen LogP contribution in [0.4, 0.5) is 4.79 Å². The van der Waals surface area contributed by atoms with Gasteiger partial charge in [-0.2, -0.15) is 0 Å². The van der Waals surface area contributed by atoms with E-state index >= 15 is 0 Å². The first-order chi connectivity index (χ1) is 8.60. The van der Waals surface area contributed by atoms with Gasteiger partial charge >= 0.3 is 6.03 Å². The van der Waals surface area contributed by atoms with Crippen molar-refractivity contribution < 1.29 is 9.90 Å². The number of aryl methyl sites for hydroxylation is 1. The molecule has 0 radical (unpaired) electrons. The summed E-state index contributed by atoms with van der Waals surface area (Å²) in [5.74, 6) is 0.